The van der Waals surface area contributed by atoms with Crippen molar-refractivity contribution in [1.29, 1.82) is 0 Å². The monoisotopic (exact) mass is 364 g/mol. The number of hydrogen-bond donors (Lipinski definition) is 1. The van der Waals surface area contributed by atoms with Gasteiger partial charge in [-0.05, 0) is 69.6 Å². The van der Waals surface area contributed by atoms with E-state index in [2.05, 4.69) is 41.1 Å². The summed E-state index contributed by atoms with van der Waals surface area (Å²) in [7, 11) is 0. The lowest BCUT2D eigenvalue weighted by atomic mass is 10.1. The van der Waals surface area contributed by atoms with E-state index in [0.29, 0.717) is 13.1 Å². The maximum Gasteiger partial charge on any atom is 0.178 e. The summed E-state index contributed by atoms with van der Waals surface area (Å²) in [5.41, 5.74) is 6.09. The predicted molar refractivity (Wildman–Crippen MR) is 107 cm³/mol. The first-order valence-electron chi connectivity index (χ1n) is 9.20. The second kappa shape index (κ2) is 8.31. The highest BCUT2D eigenvalue weighted by molar-refractivity contribution is 5.99. The number of nitrogens with zero attached hydrogens (tertiary/aromatic N) is 1. The fraction of sp³-hybridized carbons (Fsp3) is 0.261. The van der Waals surface area contributed by atoms with Crippen LogP contribution in [0.4, 0.5) is 4.39 Å². The van der Waals surface area contributed by atoms with Crippen LogP contribution in [0.3, 0.4) is 0 Å². The average molecular weight is 364 g/mol. The number of halogens is 1. The van der Waals surface area contributed by atoms with E-state index in [4.69, 9.17) is 0 Å². The maximum atomic E-state index is 12.9. The van der Waals surface area contributed by atoms with Crippen molar-refractivity contribution in [3.63, 3.8) is 0 Å². The molecule has 27 heavy (non-hydrogen) atoms. The number of carbonyl (C=O) groups is 1. The molecule has 0 unspecified atom stereocenters. The number of carbonyl (C=O) groups excluding carboxylic acids is 1. The SMILES string of the molecule is Cc1ccc(-n2c(C)cc(C(=O)CNCCc3ccc(F)cc3)c2C)cc1. The Morgan fingerprint density at radius 3 is 2.33 bits per heavy atom. The minimum atomic E-state index is -0.231. The van der Waals surface area contributed by atoms with Gasteiger partial charge in [0.15, 0.2) is 5.78 Å². The van der Waals surface area contributed by atoms with E-state index in [9.17, 15) is 9.18 Å². The van der Waals surface area contributed by atoms with Gasteiger partial charge in [-0.1, -0.05) is 29.8 Å². The van der Waals surface area contributed by atoms with Crippen molar-refractivity contribution in [2.45, 2.75) is 27.2 Å². The van der Waals surface area contributed by atoms with Crippen molar-refractivity contribution in [3.8, 4) is 5.69 Å². The molecule has 0 aliphatic rings. The lowest BCUT2D eigenvalue weighted by Crippen LogP contribution is -2.25. The third-order valence-corrected chi connectivity index (χ3v) is 4.81. The fourth-order valence-corrected chi connectivity index (χ4v) is 3.32. The summed E-state index contributed by atoms with van der Waals surface area (Å²) in [4.78, 5) is 12.6. The smallest absolute Gasteiger partial charge is 0.178 e. The molecule has 3 aromatic rings. The molecule has 4 heteroatoms. The van der Waals surface area contributed by atoms with Crippen LogP contribution >= 0.6 is 0 Å². The molecule has 0 saturated heterocycles. The van der Waals surface area contributed by atoms with Gasteiger partial charge in [0.25, 0.3) is 0 Å². The molecule has 0 atom stereocenters. The van der Waals surface area contributed by atoms with Crippen molar-refractivity contribution in [2.75, 3.05) is 13.1 Å². The van der Waals surface area contributed by atoms with Crippen LogP contribution in [0, 0.1) is 26.6 Å². The molecule has 1 heterocycles. The summed E-state index contributed by atoms with van der Waals surface area (Å²) >= 11 is 0. The van der Waals surface area contributed by atoms with Crippen LogP contribution < -0.4 is 5.32 Å². The highest BCUT2D eigenvalue weighted by Gasteiger charge is 2.16. The molecule has 3 nitrogen and oxygen atoms in total. The topological polar surface area (TPSA) is 34.0 Å². The molecule has 2 aromatic carbocycles. The summed E-state index contributed by atoms with van der Waals surface area (Å²) < 4.78 is 15.0. The molecular weight excluding hydrogens is 339 g/mol. The van der Waals surface area contributed by atoms with Crippen molar-refractivity contribution >= 4 is 5.78 Å². The number of rotatable bonds is 7. The van der Waals surface area contributed by atoms with Crippen molar-refractivity contribution in [2.24, 2.45) is 0 Å². The molecule has 1 N–H and O–H groups in total. The van der Waals surface area contributed by atoms with Gasteiger partial charge in [-0.15, -0.1) is 0 Å². The lowest BCUT2D eigenvalue weighted by molar-refractivity contribution is 0.0991. The first kappa shape index (κ1) is 19.1. The number of hydrogen-bond acceptors (Lipinski definition) is 2. The Morgan fingerprint density at radius 1 is 1.00 bits per heavy atom. The normalized spacial score (nSPS) is 11.0. The average Bonchev–Trinajstić information content (AvgIpc) is 2.95. The van der Waals surface area contributed by atoms with E-state index >= 15 is 0 Å². The van der Waals surface area contributed by atoms with Gasteiger partial charge in [-0.3, -0.25) is 4.79 Å². The summed E-state index contributed by atoms with van der Waals surface area (Å²) in [5, 5.41) is 3.20. The van der Waals surface area contributed by atoms with E-state index in [1.54, 1.807) is 12.1 Å². The number of ketones is 1. The van der Waals surface area contributed by atoms with Gasteiger partial charge in [0.1, 0.15) is 5.82 Å². The Labute approximate surface area is 159 Å². The van der Waals surface area contributed by atoms with Crippen LogP contribution in [0.2, 0.25) is 0 Å². The quantitative estimate of drug-likeness (QED) is 0.493. The zero-order chi connectivity index (χ0) is 19.4. The number of benzene rings is 2. The Bertz CT molecular complexity index is 924. The van der Waals surface area contributed by atoms with E-state index < -0.39 is 0 Å². The molecular formula is C23H25FN2O. The molecule has 0 fully saturated rings. The molecule has 0 amide bonds. The third kappa shape index (κ3) is 4.52. The van der Waals surface area contributed by atoms with Crippen LogP contribution in [0.15, 0.2) is 54.6 Å². The van der Waals surface area contributed by atoms with Crippen molar-refractivity contribution < 1.29 is 9.18 Å². The van der Waals surface area contributed by atoms with Crippen LogP contribution in [0.1, 0.15) is 32.9 Å². The largest absolute Gasteiger partial charge is 0.318 e. The van der Waals surface area contributed by atoms with Gasteiger partial charge >= 0.3 is 0 Å². The molecule has 1 aromatic heterocycles. The van der Waals surface area contributed by atoms with Crippen molar-refractivity contribution in [1.82, 2.24) is 9.88 Å². The van der Waals surface area contributed by atoms with Gasteiger partial charge in [-0.2, -0.15) is 0 Å². The molecule has 0 saturated carbocycles. The first-order chi connectivity index (χ1) is 13.0. The van der Waals surface area contributed by atoms with E-state index in [0.717, 1.165) is 34.6 Å². The van der Waals surface area contributed by atoms with Gasteiger partial charge in [0, 0.05) is 22.6 Å². The summed E-state index contributed by atoms with van der Waals surface area (Å²) in [6, 6.07) is 16.7. The van der Waals surface area contributed by atoms with Crippen LogP contribution in [-0.4, -0.2) is 23.4 Å². The lowest BCUT2D eigenvalue weighted by Gasteiger charge is -2.10. The van der Waals surface area contributed by atoms with Crippen molar-refractivity contribution in [3.05, 3.63) is 88.5 Å². The standard InChI is InChI=1S/C23H25FN2O/c1-16-4-10-21(11-5-16)26-17(2)14-22(18(26)3)23(27)15-25-13-12-19-6-8-20(24)9-7-19/h4-11,14,25H,12-13,15H2,1-3H3. The zero-order valence-corrected chi connectivity index (χ0v) is 16.1. The second-order valence-electron chi connectivity index (χ2n) is 6.93. The second-order valence-corrected chi connectivity index (χ2v) is 6.93. The molecule has 0 radical (unpaired) electrons. The molecule has 0 bridgehead atoms. The third-order valence-electron chi connectivity index (χ3n) is 4.81. The minimum absolute atomic E-state index is 0.0839. The Kier molecular flexibility index (Phi) is 5.87. The Balaban J connectivity index is 1.62. The zero-order valence-electron chi connectivity index (χ0n) is 16.1. The van der Waals surface area contributed by atoms with E-state index in [1.165, 1.54) is 17.7 Å². The maximum absolute atomic E-state index is 12.9. The first-order valence-corrected chi connectivity index (χ1v) is 9.20. The molecule has 0 spiro atoms. The fourth-order valence-electron chi connectivity index (χ4n) is 3.32. The van der Waals surface area contributed by atoms with Gasteiger partial charge in [-0.25, -0.2) is 4.39 Å². The van der Waals surface area contributed by atoms with Gasteiger partial charge < -0.3 is 9.88 Å². The minimum Gasteiger partial charge on any atom is -0.318 e. The van der Waals surface area contributed by atoms with Gasteiger partial charge in [0.05, 0.1) is 6.54 Å². The summed E-state index contributed by atoms with van der Waals surface area (Å²) in [6.07, 6.45) is 0.760. The number of aromatic nitrogens is 1. The van der Waals surface area contributed by atoms with E-state index in [1.807, 2.05) is 19.9 Å². The number of nitrogens with one attached hydrogen (secondary N) is 1. The van der Waals surface area contributed by atoms with Crippen LogP contribution in [0.5, 0.6) is 0 Å². The summed E-state index contributed by atoms with van der Waals surface area (Å²) in [5.74, 6) is -0.147. The molecule has 140 valence electrons. The predicted octanol–water partition coefficient (Wildman–Crippen LogP) is 4.56. The highest BCUT2D eigenvalue weighted by Crippen LogP contribution is 2.21. The molecule has 0 aliphatic heterocycles. The highest BCUT2D eigenvalue weighted by atomic mass is 19.1. The Hall–Kier alpha value is -2.72. The van der Waals surface area contributed by atoms with Crippen LogP contribution in [-0.2, 0) is 6.42 Å². The number of aryl methyl sites for hydroxylation is 2. The summed E-state index contributed by atoms with van der Waals surface area (Å²) in [6.45, 7) is 7.03. The Morgan fingerprint density at radius 2 is 1.67 bits per heavy atom. The van der Waals surface area contributed by atoms with Crippen LogP contribution in [0.25, 0.3) is 5.69 Å². The molecule has 0 aliphatic carbocycles. The van der Waals surface area contributed by atoms with E-state index in [-0.39, 0.29) is 11.6 Å². The number of Topliss-reactive ketones (excluding diaryl/α,β-unsaturated/α-hetero) is 1. The molecule has 3 rings (SSSR count). The van der Waals surface area contributed by atoms with Gasteiger partial charge in [0.2, 0.25) is 0 Å².